The predicted molar refractivity (Wildman–Crippen MR) is 146 cm³/mol. The van der Waals surface area contributed by atoms with E-state index in [1.807, 2.05) is 19.9 Å². The van der Waals surface area contributed by atoms with Crippen molar-refractivity contribution in [3.63, 3.8) is 0 Å². The second kappa shape index (κ2) is 12.7. The number of Topliss-reactive ketones (excluding diaryl/α,β-unsaturated/α-hetero) is 1. The maximum absolute atomic E-state index is 13.2. The van der Waals surface area contributed by atoms with Crippen molar-refractivity contribution in [1.82, 2.24) is 14.9 Å². The normalized spacial score (nSPS) is 17.5. The summed E-state index contributed by atoms with van der Waals surface area (Å²) in [7, 11) is -7.56. The SMILES string of the molecule is CC(C)CC(NC(=O)c1ccc(S(C)(=O)=O)cc1)C(=O)N[C@H]1CCCN(S(=O)(=O)c2ccccc2C#N)CC1=O. The third-order valence-electron chi connectivity index (χ3n) is 6.44. The number of nitrogens with one attached hydrogen (secondary N) is 2. The molecule has 1 heterocycles. The van der Waals surface area contributed by atoms with Gasteiger partial charge in [-0.3, -0.25) is 14.4 Å². The molecule has 1 fully saturated rings. The van der Waals surface area contributed by atoms with E-state index in [9.17, 15) is 36.5 Å². The lowest BCUT2D eigenvalue weighted by molar-refractivity contribution is -0.129. The van der Waals surface area contributed by atoms with Crippen LogP contribution in [-0.2, 0) is 29.4 Å². The lowest BCUT2D eigenvalue weighted by Crippen LogP contribution is -2.52. The van der Waals surface area contributed by atoms with Crippen LogP contribution in [0.15, 0.2) is 58.3 Å². The summed E-state index contributed by atoms with van der Waals surface area (Å²) >= 11 is 0. The number of carbonyl (C=O) groups is 3. The molecule has 2 amide bonds. The Morgan fingerprint density at radius 2 is 1.73 bits per heavy atom. The van der Waals surface area contributed by atoms with Gasteiger partial charge in [0.25, 0.3) is 5.91 Å². The number of nitriles is 1. The van der Waals surface area contributed by atoms with Gasteiger partial charge in [-0.2, -0.15) is 9.57 Å². The Morgan fingerprint density at radius 3 is 2.33 bits per heavy atom. The first-order valence-electron chi connectivity index (χ1n) is 12.7. The van der Waals surface area contributed by atoms with Gasteiger partial charge in [-0.1, -0.05) is 26.0 Å². The summed E-state index contributed by atoms with van der Waals surface area (Å²) in [4.78, 5) is 39.0. The van der Waals surface area contributed by atoms with E-state index in [1.165, 1.54) is 42.5 Å². The molecule has 0 radical (unpaired) electrons. The van der Waals surface area contributed by atoms with Gasteiger partial charge < -0.3 is 10.6 Å². The largest absolute Gasteiger partial charge is 0.344 e. The number of hydrogen-bond acceptors (Lipinski definition) is 8. The number of amides is 2. The molecule has 0 saturated carbocycles. The molecule has 13 heteroatoms. The van der Waals surface area contributed by atoms with Crippen molar-refractivity contribution in [2.24, 2.45) is 5.92 Å². The smallest absolute Gasteiger partial charge is 0.251 e. The van der Waals surface area contributed by atoms with E-state index in [0.29, 0.717) is 6.42 Å². The number of benzene rings is 2. The number of rotatable bonds is 9. The first kappa shape index (κ1) is 30.9. The van der Waals surface area contributed by atoms with E-state index in [2.05, 4.69) is 10.6 Å². The number of sulfone groups is 1. The highest BCUT2D eigenvalue weighted by Crippen LogP contribution is 2.22. The van der Waals surface area contributed by atoms with Crippen LogP contribution in [0.25, 0.3) is 0 Å². The maximum Gasteiger partial charge on any atom is 0.251 e. The molecule has 0 spiro atoms. The number of nitrogens with zero attached hydrogens (tertiary/aromatic N) is 2. The number of ketones is 1. The van der Waals surface area contributed by atoms with Crippen LogP contribution in [-0.4, -0.2) is 70.2 Å². The highest BCUT2D eigenvalue weighted by atomic mass is 32.2. The van der Waals surface area contributed by atoms with Crippen molar-refractivity contribution in [2.75, 3.05) is 19.3 Å². The van der Waals surface area contributed by atoms with Crippen molar-refractivity contribution in [1.29, 1.82) is 5.26 Å². The summed E-state index contributed by atoms with van der Waals surface area (Å²) < 4.78 is 50.8. The van der Waals surface area contributed by atoms with Crippen LogP contribution in [0.5, 0.6) is 0 Å². The lowest BCUT2D eigenvalue weighted by atomic mass is 10.0. The lowest BCUT2D eigenvalue weighted by Gasteiger charge is -2.23. The minimum absolute atomic E-state index is 0.00864. The van der Waals surface area contributed by atoms with Gasteiger partial charge in [0.1, 0.15) is 12.1 Å². The number of hydrogen-bond donors (Lipinski definition) is 2. The molecule has 1 unspecified atom stereocenters. The molecule has 2 aromatic rings. The third-order valence-corrected chi connectivity index (χ3v) is 9.47. The summed E-state index contributed by atoms with van der Waals surface area (Å²) in [5, 5.41) is 14.7. The highest BCUT2D eigenvalue weighted by Gasteiger charge is 2.35. The maximum atomic E-state index is 13.2. The Hall–Kier alpha value is -3.60. The minimum atomic E-state index is -4.12. The van der Waals surface area contributed by atoms with E-state index in [0.717, 1.165) is 10.6 Å². The van der Waals surface area contributed by atoms with Crippen LogP contribution in [0.3, 0.4) is 0 Å². The van der Waals surface area contributed by atoms with Gasteiger partial charge in [0.2, 0.25) is 15.9 Å². The molecule has 3 rings (SSSR count). The summed E-state index contributed by atoms with van der Waals surface area (Å²) in [6.45, 7) is 3.30. The van der Waals surface area contributed by atoms with Crippen molar-refractivity contribution >= 4 is 37.5 Å². The molecule has 0 aliphatic carbocycles. The van der Waals surface area contributed by atoms with E-state index in [1.54, 1.807) is 6.07 Å². The van der Waals surface area contributed by atoms with E-state index in [-0.39, 0.29) is 46.2 Å². The summed E-state index contributed by atoms with van der Waals surface area (Å²) in [6, 6.07) is 11.0. The fraction of sp³-hybridized carbons (Fsp3) is 0.407. The predicted octanol–water partition coefficient (Wildman–Crippen LogP) is 1.64. The fourth-order valence-electron chi connectivity index (χ4n) is 4.35. The Balaban J connectivity index is 1.72. The van der Waals surface area contributed by atoms with E-state index >= 15 is 0 Å². The molecule has 0 bridgehead atoms. The van der Waals surface area contributed by atoms with E-state index in [4.69, 9.17) is 0 Å². The van der Waals surface area contributed by atoms with Crippen molar-refractivity contribution < 1.29 is 31.2 Å². The zero-order valence-corrected chi connectivity index (χ0v) is 24.1. The number of sulfonamides is 1. The average molecular weight is 589 g/mol. The molecule has 0 aromatic heterocycles. The zero-order valence-electron chi connectivity index (χ0n) is 22.5. The summed E-state index contributed by atoms with van der Waals surface area (Å²) in [5.41, 5.74) is 0.139. The Bertz CT molecular complexity index is 1530. The quantitative estimate of drug-likeness (QED) is 0.445. The first-order valence-corrected chi connectivity index (χ1v) is 16.0. The first-order chi connectivity index (χ1) is 18.7. The van der Waals surface area contributed by atoms with Crippen LogP contribution in [0, 0.1) is 17.2 Å². The van der Waals surface area contributed by atoms with Crippen LogP contribution >= 0.6 is 0 Å². The van der Waals surface area contributed by atoms with Crippen LogP contribution in [0.4, 0.5) is 0 Å². The second-order valence-corrected chi connectivity index (χ2v) is 14.0. The molecule has 40 heavy (non-hydrogen) atoms. The van der Waals surface area contributed by atoms with Crippen LogP contribution < -0.4 is 10.6 Å². The molecule has 1 aliphatic heterocycles. The molecule has 214 valence electrons. The Kier molecular flexibility index (Phi) is 9.83. The third kappa shape index (κ3) is 7.53. The standard InChI is InChI=1S/C27H32N4O7S2/c1-18(2)15-23(30-26(33)19-10-12-21(13-11-19)39(3,35)36)27(34)29-22-8-6-14-31(17-24(22)32)40(37,38)25-9-5-4-7-20(25)16-28/h4-5,7,9-13,18,22-23H,6,8,14-15,17H2,1-3H3,(H,29,34)(H,30,33)/t22-,23?/m0/s1. The topological polar surface area (TPSA) is 171 Å². The molecule has 1 aliphatic rings. The average Bonchev–Trinajstić information content (AvgIpc) is 3.09. The van der Waals surface area contributed by atoms with Gasteiger partial charge in [-0.25, -0.2) is 16.8 Å². The molecule has 2 aromatic carbocycles. The zero-order chi connectivity index (χ0) is 29.7. The van der Waals surface area contributed by atoms with Crippen molar-refractivity contribution in [2.45, 2.75) is 55.0 Å². The molecule has 2 atom stereocenters. The van der Waals surface area contributed by atoms with E-state index < -0.39 is 56.1 Å². The Labute approximate surface area is 234 Å². The minimum Gasteiger partial charge on any atom is -0.344 e. The monoisotopic (exact) mass is 588 g/mol. The molecule has 1 saturated heterocycles. The second-order valence-electron chi connectivity index (χ2n) is 10.1. The fourth-order valence-corrected chi connectivity index (χ4v) is 6.56. The van der Waals surface area contributed by atoms with Gasteiger partial charge >= 0.3 is 0 Å². The van der Waals surface area contributed by atoms with Crippen LogP contribution in [0.2, 0.25) is 0 Å². The molecular weight excluding hydrogens is 556 g/mol. The Morgan fingerprint density at radius 1 is 1.07 bits per heavy atom. The van der Waals surface area contributed by atoms with Crippen molar-refractivity contribution in [3.8, 4) is 6.07 Å². The van der Waals surface area contributed by atoms with Gasteiger partial charge in [-0.05, 0) is 61.6 Å². The highest BCUT2D eigenvalue weighted by molar-refractivity contribution is 7.90. The van der Waals surface area contributed by atoms with Crippen LogP contribution in [0.1, 0.15) is 49.0 Å². The molecular formula is C27H32N4O7S2. The van der Waals surface area contributed by atoms with Gasteiger partial charge in [0.15, 0.2) is 15.6 Å². The van der Waals surface area contributed by atoms with Gasteiger partial charge in [-0.15, -0.1) is 0 Å². The molecule has 11 nitrogen and oxygen atoms in total. The summed E-state index contributed by atoms with van der Waals surface area (Å²) in [5.74, 6) is -1.66. The van der Waals surface area contributed by atoms with Crippen molar-refractivity contribution in [3.05, 3.63) is 59.7 Å². The number of carbonyl (C=O) groups excluding carboxylic acids is 3. The van der Waals surface area contributed by atoms with Gasteiger partial charge in [0, 0.05) is 18.4 Å². The van der Waals surface area contributed by atoms with Gasteiger partial charge in [0.05, 0.1) is 27.9 Å². The molecule has 2 N–H and O–H groups in total. The summed E-state index contributed by atoms with van der Waals surface area (Å²) in [6.07, 6.45) is 1.81.